The van der Waals surface area contributed by atoms with Gasteiger partial charge in [0, 0.05) is 30.1 Å². The molecule has 2 heterocycles. The van der Waals surface area contributed by atoms with Crippen LogP contribution in [-0.4, -0.2) is 56.9 Å². The van der Waals surface area contributed by atoms with Crippen molar-refractivity contribution >= 4 is 21.9 Å². The van der Waals surface area contributed by atoms with Gasteiger partial charge in [-0.05, 0) is 49.6 Å². The Bertz CT molecular complexity index is 1250. The third-order valence-electron chi connectivity index (χ3n) is 6.80. The maximum absolute atomic E-state index is 14.0. The molecule has 0 radical (unpaired) electrons. The molecule has 35 heavy (non-hydrogen) atoms. The Balaban J connectivity index is 1.42. The van der Waals surface area contributed by atoms with Crippen LogP contribution in [0.25, 0.3) is 0 Å². The zero-order valence-corrected chi connectivity index (χ0v) is 20.0. The molecule has 1 saturated carbocycles. The summed E-state index contributed by atoms with van der Waals surface area (Å²) in [5.74, 6) is 0.0831. The molecule has 2 aromatic rings. The average molecular weight is 507 g/mol. The van der Waals surface area contributed by atoms with E-state index < -0.39 is 22.0 Å². The molecule has 188 valence electrons. The fourth-order valence-corrected chi connectivity index (χ4v) is 6.11. The number of anilines is 1. The van der Waals surface area contributed by atoms with Crippen LogP contribution in [0.4, 0.5) is 14.9 Å². The number of likely N-dealkylation sites (tertiary alicyclic amines) is 1. The number of hydrogen-bond donors (Lipinski definition) is 2. The Hall–Kier alpha value is -2.89. The van der Waals surface area contributed by atoms with Gasteiger partial charge in [0.05, 0.1) is 29.9 Å². The molecule has 3 atom stereocenters. The fraction of sp³-hybridized carbons (Fsp3) is 0.458. The molecule has 0 spiro atoms. The summed E-state index contributed by atoms with van der Waals surface area (Å²) in [6.45, 7) is 4.92. The molecular weight excluding hydrogens is 479 g/mol. The minimum Gasteiger partial charge on any atom is -0.489 e. The predicted molar refractivity (Wildman–Crippen MR) is 124 cm³/mol. The van der Waals surface area contributed by atoms with Crippen molar-refractivity contribution in [3.05, 3.63) is 47.3 Å². The van der Waals surface area contributed by atoms with Gasteiger partial charge in [-0.25, -0.2) is 17.6 Å². The van der Waals surface area contributed by atoms with E-state index in [2.05, 4.69) is 16.5 Å². The number of benzene rings is 2. The fourth-order valence-electron chi connectivity index (χ4n) is 4.84. The highest BCUT2D eigenvalue weighted by molar-refractivity contribution is 7.92. The Morgan fingerprint density at radius 1 is 1.31 bits per heavy atom. The zero-order valence-electron chi connectivity index (χ0n) is 19.2. The summed E-state index contributed by atoms with van der Waals surface area (Å²) in [7, 11) is -4.25. The molecule has 11 heteroatoms. The Labute approximate surface area is 202 Å². The summed E-state index contributed by atoms with van der Waals surface area (Å²) in [6, 6.07) is 6.56. The number of carbonyl (C=O) groups is 1. The third kappa shape index (κ3) is 4.93. The van der Waals surface area contributed by atoms with Crippen molar-refractivity contribution < 1.29 is 36.9 Å². The second-order valence-corrected chi connectivity index (χ2v) is 10.8. The number of nitrogens with zero attached hydrogens (tertiary/aromatic N) is 1. The first kappa shape index (κ1) is 23.8. The lowest BCUT2D eigenvalue weighted by atomic mass is 10.0. The molecule has 0 amide bonds. The van der Waals surface area contributed by atoms with Crippen molar-refractivity contribution in [3.8, 4) is 11.5 Å². The number of ether oxygens (including phenoxy) is 3. The molecule has 1 aliphatic carbocycles. The highest BCUT2D eigenvalue weighted by atomic mass is 32.2. The van der Waals surface area contributed by atoms with Gasteiger partial charge in [0.15, 0.2) is 5.75 Å². The number of hydrogen-bond acceptors (Lipinski definition) is 7. The topological polar surface area (TPSA) is 114 Å². The van der Waals surface area contributed by atoms with Crippen LogP contribution >= 0.6 is 0 Å². The number of halogens is 1. The number of carboxylic acid groups (broad SMARTS) is 1. The van der Waals surface area contributed by atoms with E-state index in [0.29, 0.717) is 12.5 Å². The molecular formula is C24H27FN2O7S. The quantitative estimate of drug-likeness (QED) is 0.411. The lowest BCUT2D eigenvalue weighted by Gasteiger charge is -2.22. The van der Waals surface area contributed by atoms with Gasteiger partial charge in [0.1, 0.15) is 5.82 Å². The first-order valence-corrected chi connectivity index (χ1v) is 13.1. The second kappa shape index (κ2) is 9.29. The number of sulfonamides is 1. The zero-order chi connectivity index (χ0) is 24.7. The lowest BCUT2D eigenvalue weighted by Crippen LogP contribution is -2.23. The van der Waals surface area contributed by atoms with Crippen LogP contribution in [0.2, 0.25) is 0 Å². The molecule has 5 rings (SSSR count). The summed E-state index contributed by atoms with van der Waals surface area (Å²) < 4.78 is 59.8. The normalized spacial score (nSPS) is 23.2. The van der Waals surface area contributed by atoms with Gasteiger partial charge in [0.2, 0.25) is 5.75 Å². The summed E-state index contributed by atoms with van der Waals surface area (Å²) in [6.07, 6.45) is 0.0898. The maximum atomic E-state index is 14.0. The maximum Gasteiger partial charge on any atom is 0.511 e. The van der Waals surface area contributed by atoms with E-state index in [4.69, 9.17) is 14.2 Å². The van der Waals surface area contributed by atoms with Crippen molar-refractivity contribution in [2.45, 2.75) is 43.3 Å². The third-order valence-corrected chi connectivity index (χ3v) is 8.27. The molecule has 1 saturated heterocycles. The van der Waals surface area contributed by atoms with E-state index in [1.54, 1.807) is 6.07 Å². The number of fused-ring (bicyclic) bond motifs is 3. The number of rotatable bonds is 8. The molecule has 2 aliphatic heterocycles. The van der Waals surface area contributed by atoms with Gasteiger partial charge in [-0.15, -0.1) is 0 Å². The van der Waals surface area contributed by atoms with E-state index >= 15 is 0 Å². The van der Waals surface area contributed by atoms with Crippen LogP contribution in [0.5, 0.6) is 11.5 Å². The van der Waals surface area contributed by atoms with E-state index in [1.165, 1.54) is 12.1 Å². The van der Waals surface area contributed by atoms with Gasteiger partial charge in [-0.2, -0.15) is 0 Å². The molecule has 2 N–H and O–H groups in total. The van der Waals surface area contributed by atoms with Crippen molar-refractivity contribution in [1.29, 1.82) is 0 Å². The minimum absolute atomic E-state index is 0.0682. The van der Waals surface area contributed by atoms with Crippen LogP contribution in [0, 0.1) is 11.7 Å². The molecule has 3 aliphatic rings. The number of nitrogens with one attached hydrogen (secondary N) is 1. The van der Waals surface area contributed by atoms with Gasteiger partial charge in [-0.1, -0.05) is 13.0 Å². The van der Waals surface area contributed by atoms with Crippen molar-refractivity contribution in [2.24, 2.45) is 5.92 Å². The molecule has 9 nitrogen and oxygen atoms in total. The van der Waals surface area contributed by atoms with Crippen LogP contribution in [0.3, 0.4) is 0 Å². The molecule has 0 unspecified atom stereocenters. The van der Waals surface area contributed by atoms with E-state index in [1.807, 2.05) is 0 Å². The average Bonchev–Trinajstić information content (AvgIpc) is 3.47. The van der Waals surface area contributed by atoms with Gasteiger partial charge in [-0.3, -0.25) is 4.72 Å². The van der Waals surface area contributed by atoms with Crippen LogP contribution in [-0.2, 0) is 21.4 Å². The lowest BCUT2D eigenvalue weighted by molar-refractivity contribution is 0.0457. The van der Waals surface area contributed by atoms with Gasteiger partial charge >= 0.3 is 6.16 Å². The van der Waals surface area contributed by atoms with E-state index in [9.17, 15) is 22.7 Å². The predicted octanol–water partition coefficient (Wildman–Crippen LogP) is 3.79. The SMILES string of the molecule is CCN1CC[C@@H](OCc2cc(F)ccc2S(=O)(=O)Nc2ccc3c(c2OC(=O)O)OC[C@@H]2C[C@H]32)C1. The van der Waals surface area contributed by atoms with Crippen molar-refractivity contribution in [3.63, 3.8) is 0 Å². The standard InChI is InChI=1S/C24H27FN2O7S/c1-2-27-8-7-17(11-27)32-13-15-9-16(25)3-6-21(15)35(30,31)26-20-5-4-18-19-10-14(19)12-33-22(18)23(20)34-24(28)29/h3-6,9,14,17,19,26H,2,7-8,10-13H2,1H3,(H,28,29)/t14-,17+,19-/m0/s1. The summed E-state index contributed by atoms with van der Waals surface area (Å²) >= 11 is 0. The first-order valence-electron chi connectivity index (χ1n) is 11.6. The van der Waals surface area contributed by atoms with Crippen LogP contribution in [0.15, 0.2) is 35.2 Å². The highest BCUT2D eigenvalue weighted by Gasteiger charge is 2.45. The Morgan fingerprint density at radius 2 is 2.14 bits per heavy atom. The summed E-state index contributed by atoms with van der Waals surface area (Å²) in [5.41, 5.74) is 0.896. The molecule has 0 aromatic heterocycles. The summed E-state index contributed by atoms with van der Waals surface area (Å²) in [4.78, 5) is 13.4. The Kier molecular flexibility index (Phi) is 6.32. The number of likely N-dealkylation sites (N-methyl/N-ethyl adjacent to an activating group) is 1. The second-order valence-electron chi connectivity index (χ2n) is 9.11. The Morgan fingerprint density at radius 3 is 2.89 bits per heavy atom. The molecule has 0 bridgehead atoms. The van der Waals surface area contributed by atoms with Crippen molar-refractivity contribution in [1.82, 2.24) is 4.90 Å². The van der Waals surface area contributed by atoms with Gasteiger partial charge < -0.3 is 24.2 Å². The van der Waals surface area contributed by atoms with Gasteiger partial charge in [0.25, 0.3) is 10.0 Å². The van der Waals surface area contributed by atoms with Crippen LogP contribution < -0.4 is 14.2 Å². The minimum atomic E-state index is -4.25. The largest absolute Gasteiger partial charge is 0.511 e. The smallest absolute Gasteiger partial charge is 0.489 e. The molecule has 2 fully saturated rings. The first-order chi connectivity index (χ1) is 16.7. The van der Waals surface area contributed by atoms with Crippen LogP contribution in [0.1, 0.15) is 36.8 Å². The summed E-state index contributed by atoms with van der Waals surface area (Å²) in [5, 5.41) is 9.25. The van der Waals surface area contributed by atoms with E-state index in [-0.39, 0.29) is 46.3 Å². The van der Waals surface area contributed by atoms with E-state index in [0.717, 1.165) is 50.2 Å². The monoisotopic (exact) mass is 506 g/mol. The molecule has 2 aromatic carbocycles. The van der Waals surface area contributed by atoms with Crippen molar-refractivity contribution in [2.75, 3.05) is 31.0 Å². The highest BCUT2D eigenvalue weighted by Crippen LogP contribution is 2.57.